The molecule has 2 heterocycles. The van der Waals surface area contributed by atoms with E-state index in [9.17, 15) is 4.79 Å². The number of rotatable bonds is 4. The molecule has 0 unspecified atom stereocenters. The number of hydrogen-bond acceptors (Lipinski definition) is 3. The molecule has 132 valence electrons. The van der Waals surface area contributed by atoms with Crippen molar-refractivity contribution in [1.82, 2.24) is 9.55 Å². The van der Waals surface area contributed by atoms with E-state index in [2.05, 4.69) is 5.92 Å². The van der Waals surface area contributed by atoms with E-state index in [1.807, 2.05) is 67.6 Å². The molecule has 0 aliphatic heterocycles. The van der Waals surface area contributed by atoms with Crippen molar-refractivity contribution in [2.24, 2.45) is 0 Å². The number of thiophene rings is 1. The molecule has 0 amide bonds. The Kier molecular flexibility index (Phi) is 4.62. The Balaban J connectivity index is 1.96. The summed E-state index contributed by atoms with van der Waals surface area (Å²) in [5, 5.41) is 0.663. The second-order valence-corrected chi connectivity index (χ2v) is 7.57. The summed E-state index contributed by atoms with van der Waals surface area (Å²) in [5.41, 5.74) is 3.03. The van der Waals surface area contributed by atoms with Gasteiger partial charge in [0, 0.05) is 16.9 Å². The van der Waals surface area contributed by atoms with E-state index in [0.29, 0.717) is 17.6 Å². The number of terminal acetylenes is 1. The zero-order chi connectivity index (χ0) is 18.8. The van der Waals surface area contributed by atoms with Crippen LogP contribution in [0.4, 0.5) is 0 Å². The third kappa shape index (κ3) is 3.18. The topological polar surface area (TPSA) is 34.9 Å². The molecular formula is C23H18N2OS. The monoisotopic (exact) mass is 370 g/mol. The number of fused-ring (bicyclic) bond motifs is 1. The van der Waals surface area contributed by atoms with Crippen LogP contribution in [0.1, 0.15) is 16.3 Å². The maximum atomic E-state index is 13.4. The smallest absolute Gasteiger partial charge is 0.263 e. The molecule has 27 heavy (non-hydrogen) atoms. The van der Waals surface area contributed by atoms with Crippen molar-refractivity contribution in [3.63, 3.8) is 0 Å². The minimum absolute atomic E-state index is 0.0629. The van der Waals surface area contributed by atoms with Gasteiger partial charge in [-0.3, -0.25) is 9.36 Å². The van der Waals surface area contributed by atoms with E-state index < -0.39 is 0 Å². The van der Waals surface area contributed by atoms with E-state index in [1.54, 1.807) is 15.9 Å². The Morgan fingerprint density at radius 3 is 2.41 bits per heavy atom. The van der Waals surface area contributed by atoms with Crippen molar-refractivity contribution in [2.75, 3.05) is 0 Å². The van der Waals surface area contributed by atoms with Crippen LogP contribution in [0.3, 0.4) is 0 Å². The van der Waals surface area contributed by atoms with Crippen LogP contribution < -0.4 is 5.56 Å². The second kappa shape index (κ2) is 7.22. The average molecular weight is 370 g/mol. The van der Waals surface area contributed by atoms with Gasteiger partial charge in [0.05, 0.1) is 11.9 Å². The quantitative estimate of drug-likeness (QED) is 0.490. The summed E-state index contributed by atoms with van der Waals surface area (Å²) in [6.07, 6.45) is 6.13. The van der Waals surface area contributed by atoms with Crippen LogP contribution >= 0.6 is 11.3 Å². The van der Waals surface area contributed by atoms with Crippen LogP contribution in [0.5, 0.6) is 0 Å². The Morgan fingerprint density at radius 1 is 1.07 bits per heavy atom. The molecule has 0 atom stereocenters. The van der Waals surface area contributed by atoms with Gasteiger partial charge in [-0.05, 0) is 18.1 Å². The summed E-state index contributed by atoms with van der Waals surface area (Å²) in [5.74, 6) is 3.31. The molecule has 4 heteroatoms. The minimum Gasteiger partial charge on any atom is -0.284 e. The molecule has 0 radical (unpaired) electrons. The van der Waals surface area contributed by atoms with Gasteiger partial charge in [0.2, 0.25) is 0 Å². The second-order valence-electron chi connectivity index (χ2n) is 6.37. The molecular weight excluding hydrogens is 352 g/mol. The highest BCUT2D eigenvalue weighted by Gasteiger charge is 2.19. The lowest BCUT2D eigenvalue weighted by Crippen LogP contribution is -2.25. The maximum Gasteiger partial charge on any atom is 0.263 e. The summed E-state index contributed by atoms with van der Waals surface area (Å²) in [6.45, 7) is 2.25. The first-order valence-electron chi connectivity index (χ1n) is 8.74. The first-order valence-corrected chi connectivity index (χ1v) is 9.56. The number of nitrogens with zero attached hydrogens (tertiary/aromatic N) is 2. The SMILES string of the molecule is C#CCn1c(Cc2ccccc2)nc2sc(C)c(-c3ccccc3)c2c1=O. The molecule has 2 aromatic heterocycles. The Hall–Kier alpha value is -3.16. The summed E-state index contributed by atoms with van der Waals surface area (Å²) in [4.78, 5) is 20.1. The minimum atomic E-state index is -0.0629. The van der Waals surface area contributed by atoms with Crippen molar-refractivity contribution in [3.05, 3.63) is 87.3 Å². The standard InChI is InChI=1S/C23H18N2OS/c1-3-14-25-19(15-17-10-6-4-7-11-17)24-22-21(23(25)26)20(16(2)27-22)18-12-8-5-9-13-18/h1,4-13H,14-15H2,2H3. The fourth-order valence-electron chi connectivity index (χ4n) is 3.36. The summed E-state index contributed by atoms with van der Waals surface area (Å²) >= 11 is 1.56. The zero-order valence-electron chi connectivity index (χ0n) is 15.0. The van der Waals surface area contributed by atoms with Crippen molar-refractivity contribution in [2.45, 2.75) is 19.9 Å². The van der Waals surface area contributed by atoms with E-state index >= 15 is 0 Å². The van der Waals surface area contributed by atoms with Crippen molar-refractivity contribution >= 4 is 21.6 Å². The molecule has 0 bridgehead atoms. The van der Waals surface area contributed by atoms with Gasteiger partial charge in [-0.25, -0.2) is 4.98 Å². The highest BCUT2D eigenvalue weighted by atomic mass is 32.1. The molecule has 0 saturated carbocycles. The lowest BCUT2D eigenvalue weighted by Gasteiger charge is -2.11. The maximum absolute atomic E-state index is 13.4. The largest absolute Gasteiger partial charge is 0.284 e. The predicted octanol–water partition coefficient (Wildman–Crippen LogP) is 4.66. The third-order valence-corrected chi connectivity index (χ3v) is 5.58. The van der Waals surface area contributed by atoms with Crippen LogP contribution in [0, 0.1) is 19.3 Å². The van der Waals surface area contributed by atoms with Gasteiger partial charge in [-0.1, -0.05) is 66.6 Å². The van der Waals surface area contributed by atoms with Gasteiger partial charge in [0.25, 0.3) is 5.56 Å². The fourth-order valence-corrected chi connectivity index (χ4v) is 4.41. The van der Waals surface area contributed by atoms with Gasteiger partial charge < -0.3 is 0 Å². The molecule has 0 saturated heterocycles. The van der Waals surface area contributed by atoms with Gasteiger partial charge in [0.15, 0.2) is 0 Å². The van der Waals surface area contributed by atoms with E-state index in [-0.39, 0.29) is 12.1 Å². The molecule has 4 rings (SSSR count). The number of benzene rings is 2. The molecule has 0 spiro atoms. The lowest BCUT2D eigenvalue weighted by molar-refractivity contribution is 0.721. The highest BCUT2D eigenvalue weighted by molar-refractivity contribution is 7.19. The van der Waals surface area contributed by atoms with Gasteiger partial charge in [-0.2, -0.15) is 0 Å². The van der Waals surface area contributed by atoms with E-state index in [4.69, 9.17) is 11.4 Å². The molecule has 0 aliphatic rings. The Bertz CT molecular complexity index is 1200. The van der Waals surface area contributed by atoms with Crippen molar-refractivity contribution in [1.29, 1.82) is 0 Å². The van der Waals surface area contributed by atoms with Crippen LogP contribution in [0.2, 0.25) is 0 Å². The summed E-state index contributed by atoms with van der Waals surface area (Å²) in [6, 6.07) is 20.0. The van der Waals surface area contributed by atoms with Crippen molar-refractivity contribution in [3.8, 4) is 23.5 Å². The molecule has 2 aromatic carbocycles. The predicted molar refractivity (Wildman–Crippen MR) is 112 cm³/mol. The molecule has 4 aromatic rings. The number of aromatic nitrogens is 2. The first kappa shape index (κ1) is 17.3. The van der Waals surface area contributed by atoms with E-state index in [0.717, 1.165) is 26.4 Å². The van der Waals surface area contributed by atoms with Gasteiger partial charge in [0.1, 0.15) is 10.7 Å². The van der Waals surface area contributed by atoms with Crippen LogP contribution in [-0.2, 0) is 13.0 Å². The van der Waals surface area contributed by atoms with Gasteiger partial charge in [-0.15, -0.1) is 17.8 Å². The van der Waals surface area contributed by atoms with Crippen LogP contribution in [0.25, 0.3) is 21.3 Å². The van der Waals surface area contributed by atoms with Crippen molar-refractivity contribution < 1.29 is 0 Å². The zero-order valence-corrected chi connectivity index (χ0v) is 15.8. The molecule has 0 N–H and O–H groups in total. The van der Waals surface area contributed by atoms with Crippen LogP contribution in [-0.4, -0.2) is 9.55 Å². The Labute approximate surface area is 162 Å². The molecule has 3 nitrogen and oxygen atoms in total. The fraction of sp³-hybridized carbons (Fsp3) is 0.130. The lowest BCUT2D eigenvalue weighted by atomic mass is 10.0. The highest BCUT2D eigenvalue weighted by Crippen LogP contribution is 2.35. The normalized spacial score (nSPS) is 10.8. The third-order valence-electron chi connectivity index (χ3n) is 4.58. The molecule has 0 fully saturated rings. The molecule has 0 aliphatic carbocycles. The summed E-state index contributed by atoms with van der Waals surface area (Å²) in [7, 11) is 0. The number of hydrogen-bond donors (Lipinski definition) is 0. The van der Waals surface area contributed by atoms with E-state index in [1.165, 1.54) is 0 Å². The summed E-state index contributed by atoms with van der Waals surface area (Å²) < 4.78 is 1.63. The number of aryl methyl sites for hydroxylation is 1. The first-order chi connectivity index (χ1) is 13.2. The van der Waals surface area contributed by atoms with Crippen LogP contribution in [0.15, 0.2) is 65.5 Å². The average Bonchev–Trinajstić information content (AvgIpc) is 3.02. The van der Waals surface area contributed by atoms with Gasteiger partial charge >= 0.3 is 0 Å². The Morgan fingerprint density at radius 2 is 1.74 bits per heavy atom.